The standard InChI is InChI=1S/C19H19N3O4/c1-12(23)20-17(13-6-5-7-14(10-13)26-2)11-22-18(24)15-8-3-4-9-16(15)21-19(22)25/h3-10,17H,11H2,1-2H3,(H,20,23)(H,21,25). The summed E-state index contributed by atoms with van der Waals surface area (Å²) in [6, 6.07) is 13.4. The second-order valence-corrected chi connectivity index (χ2v) is 5.92. The molecule has 2 N–H and O–H groups in total. The van der Waals surface area contributed by atoms with Crippen molar-refractivity contribution < 1.29 is 9.53 Å². The summed E-state index contributed by atoms with van der Waals surface area (Å²) in [5.74, 6) is 0.362. The van der Waals surface area contributed by atoms with Gasteiger partial charge in [-0.15, -0.1) is 0 Å². The first-order chi connectivity index (χ1) is 12.5. The number of para-hydroxylation sites is 1. The minimum atomic E-state index is -0.553. The maximum absolute atomic E-state index is 12.7. The van der Waals surface area contributed by atoms with Gasteiger partial charge in [-0.1, -0.05) is 24.3 Å². The van der Waals surface area contributed by atoms with Crippen LogP contribution in [0.1, 0.15) is 18.5 Å². The van der Waals surface area contributed by atoms with Crippen LogP contribution in [0.3, 0.4) is 0 Å². The highest BCUT2D eigenvalue weighted by Crippen LogP contribution is 2.20. The Labute approximate surface area is 149 Å². The Morgan fingerprint density at radius 1 is 1.19 bits per heavy atom. The van der Waals surface area contributed by atoms with Crippen molar-refractivity contribution in [2.45, 2.75) is 19.5 Å². The topological polar surface area (TPSA) is 93.2 Å². The van der Waals surface area contributed by atoms with Crippen LogP contribution in [0.2, 0.25) is 0 Å². The zero-order valence-electron chi connectivity index (χ0n) is 14.5. The van der Waals surface area contributed by atoms with Crippen LogP contribution in [0.4, 0.5) is 0 Å². The van der Waals surface area contributed by atoms with Gasteiger partial charge in [0.2, 0.25) is 5.91 Å². The number of aromatic nitrogens is 2. The van der Waals surface area contributed by atoms with E-state index in [4.69, 9.17) is 4.74 Å². The molecule has 0 aliphatic carbocycles. The van der Waals surface area contributed by atoms with Crippen LogP contribution in [0.5, 0.6) is 5.75 Å². The van der Waals surface area contributed by atoms with Gasteiger partial charge >= 0.3 is 5.69 Å². The van der Waals surface area contributed by atoms with Gasteiger partial charge < -0.3 is 15.0 Å². The number of carbonyl (C=O) groups is 1. The molecule has 0 fully saturated rings. The van der Waals surface area contributed by atoms with Crippen molar-refractivity contribution in [1.29, 1.82) is 0 Å². The minimum absolute atomic E-state index is 0.00570. The molecule has 7 nitrogen and oxygen atoms in total. The third-order valence-corrected chi connectivity index (χ3v) is 4.13. The maximum Gasteiger partial charge on any atom is 0.328 e. The summed E-state index contributed by atoms with van der Waals surface area (Å²) in [7, 11) is 1.55. The molecule has 0 aliphatic rings. The molecule has 0 saturated heterocycles. The Kier molecular flexibility index (Phi) is 4.88. The Bertz CT molecular complexity index is 1070. The number of carbonyl (C=O) groups excluding carboxylic acids is 1. The van der Waals surface area contributed by atoms with Crippen molar-refractivity contribution in [1.82, 2.24) is 14.9 Å². The Morgan fingerprint density at radius 2 is 1.96 bits per heavy atom. The van der Waals surface area contributed by atoms with E-state index in [1.807, 2.05) is 6.07 Å². The van der Waals surface area contributed by atoms with Crippen LogP contribution in [0.25, 0.3) is 10.9 Å². The number of hydrogen-bond acceptors (Lipinski definition) is 4. The van der Waals surface area contributed by atoms with E-state index in [2.05, 4.69) is 10.3 Å². The zero-order valence-corrected chi connectivity index (χ0v) is 14.5. The first-order valence-electron chi connectivity index (χ1n) is 8.12. The molecular weight excluding hydrogens is 334 g/mol. The van der Waals surface area contributed by atoms with Gasteiger partial charge in [0.05, 0.1) is 30.6 Å². The lowest BCUT2D eigenvalue weighted by Crippen LogP contribution is -2.40. The number of H-pyrrole nitrogens is 1. The highest BCUT2D eigenvalue weighted by atomic mass is 16.5. The first-order valence-corrected chi connectivity index (χ1v) is 8.12. The molecule has 1 heterocycles. The van der Waals surface area contributed by atoms with E-state index in [0.717, 1.165) is 10.1 Å². The SMILES string of the molecule is COc1cccc(C(Cn2c(=O)[nH]c3ccccc3c2=O)NC(C)=O)c1. The number of hydrogen-bond donors (Lipinski definition) is 2. The number of nitrogens with one attached hydrogen (secondary N) is 2. The number of ether oxygens (including phenoxy) is 1. The van der Waals surface area contributed by atoms with Gasteiger partial charge in [-0.2, -0.15) is 0 Å². The normalized spacial score (nSPS) is 11.9. The van der Waals surface area contributed by atoms with Gasteiger partial charge in [-0.25, -0.2) is 4.79 Å². The van der Waals surface area contributed by atoms with Crippen LogP contribution in [-0.2, 0) is 11.3 Å². The molecule has 2 aromatic carbocycles. The summed E-state index contributed by atoms with van der Waals surface area (Å²) in [6.07, 6.45) is 0. The maximum atomic E-state index is 12.7. The van der Waals surface area contributed by atoms with E-state index in [1.165, 1.54) is 6.92 Å². The molecule has 3 rings (SSSR count). The quantitative estimate of drug-likeness (QED) is 0.728. The molecule has 3 aromatic rings. The first kappa shape index (κ1) is 17.5. The molecule has 7 heteroatoms. The minimum Gasteiger partial charge on any atom is -0.497 e. The number of aromatic amines is 1. The van der Waals surface area contributed by atoms with E-state index in [1.54, 1.807) is 49.6 Å². The van der Waals surface area contributed by atoms with Crippen LogP contribution >= 0.6 is 0 Å². The van der Waals surface area contributed by atoms with Crippen molar-refractivity contribution >= 4 is 16.8 Å². The third kappa shape index (κ3) is 3.51. The van der Waals surface area contributed by atoms with Crippen LogP contribution in [0, 0.1) is 0 Å². The second kappa shape index (κ2) is 7.26. The van der Waals surface area contributed by atoms with E-state index in [-0.39, 0.29) is 12.5 Å². The number of fused-ring (bicyclic) bond motifs is 1. The fraction of sp³-hybridized carbons (Fsp3) is 0.211. The van der Waals surface area contributed by atoms with Crippen LogP contribution in [-0.4, -0.2) is 22.6 Å². The average molecular weight is 353 g/mol. The van der Waals surface area contributed by atoms with Gasteiger partial charge in [0.15, 0.2) is 0 Å². The summed E-state index contributed by atoms with van der Waals surface area (Å²) in [6.45, 7) is 1.40. The van der Waals surface area contributed by atoms with Crippen LogP contribution in [0.15, 0.2) is 58.1 Å². The van der Waals surface area contributed by atoms with E-state index < -0.39 is 17.3 Å². The molecular formula is C19H19N3O4. The van der Waals surface area contributed by atoms with Gasteiger partial charge in [0.25, 0.3) is 5.56 Å². The Balaban J connectivity index is 2.07. The largest absolute Gasteiger partial charge is 0.497 e. The van der Waals surface area contributed by atoms with E-state index in [0.29, 0.717) is 16.7 Å². The number of nitrogens with zero attached hydrogens (tertiary/aromatic N) is 1. The summed E-state index contributed by atoms with van der Waals surface area (Å²) < 4.78 is 6.32. The lowest BCUT2D eigenvalue weighted by molar-refractivity contribution is -0.119. The molecule has 0 radical (unpaired) electrons. The summed E-state index contributed by atoms with van der Waals surface area (Å²) in [5, 5.41) is 3.21. The van der Waals surface area contributed by atoms with Crippen molar-refractivity contribution in [3.63, 3.8) is 0 Å². The summed E-state index contributed by atoms with van der Waals surface area (Å²) in [4.78, 5) is 39.5. The molecule has 134 valence electrons. The fourth-order valence-electron chi connectivity index (χ4n) is 2.89. The second-order valence-electron chi connectivity index (χ2n) is 5.92. The molecule has 0 bridgehead atoms. The summed E-state index contributed by atoms with van der Waals surface area (Å²) in [5.41, 5.74) is 0.296. The lowest BCUT2D eigenvalue weighted by atomic mass is 10.1. The third-order valence-electron chi connectivity index (χ3n) is 4.13. The van der Waals surface area contributed by atoms with Crippen molar-refractivity contribution in [3.05, 3.63) is 74.9 Å². The Hall–Kier alpha value is -3.35. The van der Waals surface area contributed by atoms with E-state index >= 15 is 0 Å². The molecule has 0 aliphatic heterocycles. The fourth-order valence-corrected chi connectivity index (χ4v) is 2.89. The number of amides is 1. The highest BCUT2D eigenvalue weighted by molar-refractivity contribution is 5.77. The van der Waals surface area contributed by atoms with Gasteiger partial charge in [0, 0.05) is 6.92 Å². The number of rotatable bonds is 5. The molecule has 1 aromatic heterocycles. The Morgan fingerprint density at radius 3 is 2.69 bits per heavy atom. The predicted molar refractivity (Wildman–Crippen MR) is 98.4 cm³/mol. The number of benzene rings is 2. The molecule has 0 spiro atoms. The van der Waals surface area contributed by atoms with Crippen molar-refractivity contribution in [2.24, 2.45) is 0 Å². The van der Waals surface area contributed by atoms with Crippen molar-refractivity contribution in [2.75, 3.05) is 7.11 Å². The molecule has 1 amide bonds. The van der Waals surface area contributed by atoms with E-state index in [9.17, 15) is 14.4 Å². The smallest absolute Gasteiger partial charge is 0.328 e. The predicted octanol–water partition coefficient (Wildman–Crippen LogP) is 1.58. The molecule has 0 saturated carbocycles. The van der Waals surface area contributed by atoms with Gasteiger partial charge in [0.1, 0.15) is 5.75 Å². The zero-order chi connectivity index (χ0) is 18.7. The number of methoxy groups -OCH3 is 1. The van der Waals surface area contributed by atoms with Crippen molar-refractivity contribution in [3.8, 4) is 5.75 Å². The lowest BCUT2D eigenvalue weighted by Gasteiger charge is -2.20. The highest BCUT2D eigenvalue weighted by Gasteiger charge is 2.17. The molecule has 1 atom stereocenters. The molecule has 26 heavy (non-hydrogen) atoms. The molecule has 1 unspecified atom stereocenters. The summed E-state index contributed by atoms with van der Waals surface area (Å²) >= 11 is 0. The van der Waals surface area contributed by atoms with Gasteiger partial charge in [-0.05, 0) is 29.8 Å². The van der Waals surface area contributed by atoms with Crippen LogP contribution < -0.4 is 21.3 Å². The average Bonchev–Trinajstić information content (AvgIpc) is 2.64. The van der Waals surface area contributed by atoms with Gasteiger partial charge in [-0.3, -0.25) is 14.2 Å². The monoisotopic (exact) mass is 353 g/mol.